The smallest absolute Gasteiger partial charge is 0.323 e. The molecule has 0 aliphatic carbocycles. The van der Waals surface area contributed by atoms with Crippen molar-refractivity contribution in [3.8, 4) is 0 Å². The third-order valence-corrected chi connectivity index (χ3v) is 2.53. The van der Waals surface area contributed by atoms with Gasteiger partial charge in [0.15, 0.2) is 0 Å². The topological polar surface area (TPSA) is 69.6 Å². The number of halogens is 1. The van der Waals surface area contributed by atoms with Gasteiger partial charge in [0, 0.05) is 16.3 Å². The maximum absolute atomic E-state index is 11.5. The predicted octanol–water partition coefficient (Wildman–Crippen LogP) is 1.84. The van der Waals surface area contributed by atoms with Crippen LogP contribution in [0.15, 0.2) is 24.3 Å². The summed E-state index contributed by atoms with van der Waals surface area (Å²) in [7, 11) is 1.43. The molecule has 0 saturated heterocycles. The van der Waals surface area contributed by atoms with E-state index in [1.807, 2.05) is 12.1 Å². The molecule has 0 heterocycles. The number of amides is 2. The van der Waals surface area contributed by atoms with E-state index in [1.54, 1.807) is 12.1 Å². The van der Waals surface area contributed by atoms with Crippen LogP contribution in [0.3, 0.4) is 0 Å². The molecule has 2 N–H and O–H groups in total. The fourth-order valence-corrected chi connectivity index (χ4v) is 1.39. The zero-order valence-corrected chi connectivity index (χ0v) is 10.8. The van der Waals surface area contributed by atoms with Gasteiger partial charge in [-0.2, -0.15) is 0 Å². The van der Waals surface area contributed by atoms with Crippen molar-refractivity contribution in [3.05, 3.63) is 27.8 Å². The molecule has 0 fully saturated rings. The Labute approximate surface area is 107 Å². The number of aliphatic carboxylic acids is 1. The lowest BCUT2D eigenvalue weighted by atomic mass is 10.3. The molecule has 16 heavy (non-hydrogen) atoms. The molecule has 0 bridgehead atoms. The van der Waals surface area contributed by atoms with E-state index in [0.717, 1.165) is 8.47 Å². The van der Waals surface area contributed by atoms with Crippen LogP contribution in [-0.4, -0.2) is 35.6 Å². The van der Waals surface area contributed by atoms with Gasteiger partial charge in [0.05, 0.1) is 0 Å². The summed E-state index contributed by atoms with van der Waals surface area (Å²) in [5.41, 5.74) is 0.641. The Bertz CT molecular complexity index is 392. The van der Waals surface area contributed by atoms with Gasteiger partial charge in [-0.15, -0.1) is 0 Å². The van der Waals surface area contributed by atoms with Gasteiger partial charge in [-0.1, -0.05) is 0 Å². The van der Waals surface area contributed by atoms with Crippen LogP contribution >= 0.6 is 22.6 Å². The van der Waals surface area contributed by atoms with Crippen molar-refractivity contribution in [2.45, 2.75) is 0 Å². The van der Waals surface area contributed by atoms with Crippen LogP contribution in [0, 0.1) is 3.57 Å². The molecule has 5 nitrogen and oxygen atoms in total. The monoisotopic (exact) mass is 334 g/mol. The SMILES string of the molecule is CN(CC(=O)O)C(=O)Nc1ccc(I)cc1. The number of urea groups is 1. The van der Waals surface area contributed by atoms with Gasteiger partial charge >= 0.3 is 12.0 Å². The third kappa shape index (κ3) is 4.05. The first-order valence-corrected chi connectivity index (χ1v) is 5.56. The largest absolute Gasteiger partial charge is 0.480 e. The molecule has 86 valence electrons. The lowest BCUT2D eigenvalue weighted by Gasteiger charge is -2.15. The van der Waals surface area contributed by atoms with Gasteiger partial charge in [-0.3, -0.25) is 4.79 Å². The quantitative estimate of drug-likeness (QED) is 0.829. The second-order valence-corrected chi connectivity index (χ2v) is 4.43. The second-order valence-electron chi connectivity index (χ2n) is 3.19. The number of rotatable bonds is 3. The first kappa shape index (κ1) is 12.8. The summed E-state index contributed by atoms with van der Waals surface area (Å²) in [5.74, 6) is -1.04. The first-order valence-electron chi connectivity index (χ1n) is 4.48. The summed E-state index contributed by atoms with van der Waals surface area (Å²) in [5, 5.41) is 11.1. The number of benzene rings is 1. The second kappa shape index (κ2) is 5.69. The number of hydrogen-bond acceptors (Lipinski definition) is 2. The van der Waals surface area contributed by atoms with Crippen LogP contribution < -0.4 is 5.32 Å². The lowest BCUT2D eigenvalue weighted by molar-refractivity contribution is -0.137. The van der Waals surface area contributed by atoms with E-state index >= 15 is 0 Å². The average molecular weight is 334 g/mol. The van der Waals surface area contributed by atoms with Gasteiger partial charge < -0.3 is 15.3 Å². The van der Waals surface area contributed by atoms with Gasteiger partial charge in [0.2, 0.25) is 0 Å². The molecule has 0 aromatic heterocycles. The Morgan fingerprint density at radius 2 is 1.94 bits per heavy atom. The Morgan fingerprint density at radius 1 is 1.38 bits per heavy atom. The number of hydrogen-bond donors (Lipinski definition) is 2. The van der Waals surface area contributed by atoms with E-state index in [9.17, 15) is 9.59 Å². The molecule has 0 unspecified atom stereocenters. The molecule has 1 aromatic rings. The number of carbonyl (C=O) groups excluding carboxylic acids is 1. The Balaban J connectivity index is 2.57. The highest BCUT2D eigenvalue weighted by Crippen LogP contribution is 2.11. The summed E-state index contributed by atoms with van der Waals surface area (Å²) in [4.78, 5) is 23.0. The minimum Gasteiger partial charge on any atom is -0.480 e. The number of nitrogens with zero attached hydrogens (tertiary/aromatic N) is 1. The highest BCUT2D eigenvalue weighted by Gasteiger charge is 2.11. The Hall–Kier alpha value is -1.31. The van der Waals surface area contributed by atoms with Crippen LogP contribution in [0.2, 0.25) is 0 Å². The van der Waals surface area contributed by atoms with E-state index in [4.69, 9.17) is 5.11 Å². The molecule has 1 rings (SSSR count). The number of carboxylic acid groups (broad SMARTS) is 1. The summed E-state index contributed by atoms with van der Waals surface area (Å²) < 4.78 is 1.06. The lowest BCUT2D eigenvalue weighted by Crippen LogP contribution is -2.35. The first-order chi connectivity index (χ1) is 7.49. The van der Waals surface area contributed by atoms with Crippen molar-refractivity contribution >= 4 is 40.3 Å². The highest BCUT2D eigenvalue weighted by atomic mass is 127. The fraction of sp³-hybridized carbons (Fsp3) is 0.200. The van der Waals surface area contributed by atoms with E-state index in [2.05, 4.69) is 27.9 Å². The number of carboxylic acids is 1. The molecule has 0 aliphatic rings. The number of carbonyl (C=O) groups is 2. The van der Waals surface area contributed by atoms with Crippen molar-refractivity contribution in [2.24, 2.45) is 0 Å². The predicted molar refractivity (Wildman–Crippen MR) is 68.4 cm³/mol. The van der Waals surface area contributed by atoms with E-state index in [1.165, 1.54) is 7.05 Å². The van der Waals surface area contributed by atoms with E-state index < -0.39 is 12.0 Å². The van der Waals surface area contributed by atoms with Gasteiger partial charge in [-0.05, 0) is 46.9 Å². The number of anilines is 1. The normalized spacial score (nSPS) is 9.62. The summed E-state index contributed by atoms with van der Waals surface area (Å²) in [6, 6.07) is 6.78. The fourth-order valence-electron chi connectivity index (χ4n) is 1.03. The summed E-state index contributed by atoms with van der Waals surface area (Å²) in [6.45, 7) is -0.323. The standard InChI is InChI=1S/C10H11IN2O3/c1-13(6-9(14)15)10(16)12-8-4-2-7(11)3-5-8/h2-5H,6H2,1H3,(H,12,16)(H,14,15). The Morgan fingerprint density at radius 3 is 2.44 bits per heavy atom. The number of likely N-dealkylation sites (N-methyl/N-ethyl adjacent to an activating group) is 1. The number of nitrogens with one attached hydrogen (secondary N) is 1. The van der Waals surface area contributed by atoms with Gasteiger partial charge in [0.1, 0.15) is 6.54 Å². The van der Waals surface area contributed by atoms with Crippen molar-refractivity contribution in [1.82, 2.24) is 4.90 Å². The minimum absolute atomic E-state index is 0.323. The van der Waals surface area contributed by atoms with Gasteiger partial charge in [-0.25, -0.2) is 4.79 Å². The summed E-state index contributed by atoms with van der Waals surface area (Å²) in [6.07, 6.45) is 0. The zero-order chi connectivity index (χ0) is 12.1. The molecule has 0 aliphatic heterocycles. The molecule has 0 spiro atoms. The van der Waals surface area contributed by atoms with Gasteiger partial charge in [0.25, 0.3) is 0 Å². The molecular weight excluding hydrogens is 323 g/mol. The van der Waals surface area contributed by atoms with E-state index in [0.29, 0.717) is 5.69 Å². The van der Waals surface area contributed by atoms with Crippen molar-refractivity contribution in [1.29, 1.82) is 0 Å². The van der Waals surface area contributed by atoms with Crippen LogP contribution in [-0.2, 0) is 4.79 Å². The molecule has 0 saturated carbocycles. The average Bonchev–Trinajstić information content (AvgIpc) is 2.20. The molecule has 6 heteroatoms. The van der Waals surface area contributed by atoms with Crippen molar-refractivity contribution in [2.75, 3.05) is 18.9 Å². The molecule has 0 radical (unpaired) electrons. The van der Waals surface area contributed by atoms with Crippen LogP contribution in [0.4, 0.5) is 10.5 Å². The molecule has 1 aromatic carbocycles. The van der Waals surface area contributed by atoms with Crippen molar-refractivity contribution < 1.29 is 14.7 Å². The maximum Gasteiger partial charge on any atom is 0.323 e. The zero-order valence-electron chi connectivity index (χ0n) is 8.61. The minimum atomic E-state index is -1.04. The van der Waals surface area contributed by atoms with E-state index in [-0.39, 0.29) is 6.54 Å². The Kier molecular flexibility index (Phi) is 4.53. The third-order valence-electron chi connectivity index (χ3n) is 1.81. The van der Waals surface area contributed by atoms with Crippen LogP contribution in [0.5, 0.6) is 0 Å². The van der Waals surface area contributed by atoms with Crippen LogP contribution in [0.25, 0.3) is 0 Å². The molecule has 0 atom stereocenters. The summed E-state index contributed by atoms with van der Waals surface area (Å²) >= 11 is 2.16. The maximum atomic E-state index is 11.5. The highest BCUT2D eigenvalue weighted by molar-refractivity contribution is 14.1. The molecular formula is C10H11IN2O3. The van der Waals surface area contributed by atoms with Crippen molar-refractivity contribution in [3.63, 3.8) is 0 Å². The van der Waals surface area contributed by atoms with Crippen LogP contribution in [0.1, 0.15) is 0 Å². The molecule has 2 amide bonds.